The maximum Gasteiger partial charge on any atom is 0.407 e. The number of amides is 2. The van der Waals surface area contributed by atoms with E-state index in [1.165, 1.54) is 14.1 Å². The smallest absolute Gasteiger partial charge is 0.407 e. The maximum atomic E-state index is 10.7. The van der Waals surface area contributed by atoms with Crippen molar-refractivity contribution >= 4 is 12.2 Å². The zero-order chi connectivity index (χ0) is 11.0. The van der Waals surface area contributed by atoms with Crippen LogP contribution in [0.2, 0.25) is 0 Å². The first kappa shape index (κ1) is 12.5. The van der Waals surface area contributed by atoms with E-state index in [4.69, 9.17) is 5.11 Å². The summed E-state index contributed by atoms with van der Waals surface area (Å²) in [4.78, 5) is 21.3. The molecule has 7 heteroatoms. The molecule has 0 aromatic heterocycles. The standard InChI is InChI=1S/C7H14N2O5/c1-8-6(11)13-4-5(3-10)14-7(12)9-2/h5,10H,3-4H2,1-2H3,(H,8,11)(H,9,12)/t5-/m0/s1. The minimum absolute atomic E-state index is 0.191. The summed E-state index contributed by atoms with van der Waals surface area (Å²) in [6.07, 6.45) is -2.19. The van der Waals surface area contributed by atoms with E-state index >= 15 is 0 Å². The van der Waals surface area contributed by atoms with Crippen molar-refractivity contribution in [1.82, 2.24) is 10.6 Å². The highest BCUT2D eigenvalue weighted by molar-refractivity contribution is 5.67. The Kier molecular flexibility index (Phi) is 6.21. The van der Waals surface area contributed by atoms with Crippen LogP contribution in [-0.2, 0) is 9.47 Å². The van der Waals surface area contributed by atoms with Gasteiger partial charge in [0.2, 0.25) is 0 Å². The fraction of sp³-hybridized carbons (Fsp3) is 0.714. The van der Waals surface area contributed by atoms with Crippen LogP contribution in [0.5, 0.6) is 0 Å². The third kappa shape index (κ3) is 5.20. The van der Waals surface area contributed by atoms with Crippen LogP contribution >= 0.6 is 0 Å². The van der Waals surface area contributed by atoms with Crippen LogP contribution < -0.4 is 10.6 Å². The largest absolute Gasteiger partial charge is 0.446 e. The second kappa shape index (κ2) is 6.96. The lowest BCUT2D eigenvalue weighted by molar-refractivity contribution is 0.0152. The molecule has 0 bridgehead atoms. The molecule has 3 N–H and O–H groups in total. The summed E-state index contributed by atoms with van der Waals surface area (Å²) < 4.78 is 9.21. The average molecular weight is 206 g/mol. The zero-order valence-corrected chi connectivity index (χ0v) is 8.07. The average Bonchev–Trinajstić information content (AvgIpc) is 2.22. The van der Waals surface area contributed by atoms with Crippen LogP contribution in [0.1, 0.15) is 0 Å². The van der Waals surface area contributed by atoms with Gasteiger partial charge in [-0.3, -0.25) is 0 Å². The highest BCUT2D eigenvalue weighted by Crippen LogP contribution is 1.93. The molecule has 0 radical (unpaired) electrons. The molecule has 0 rings (SSSR count). The lowest BCUT2D eigenvalue weighted by atomic mass is 10.4. The number of carbonyl (C=O) groups excluding carboxylic acids is 2. The Morgan fingerprint density at radius 2 is 1.86 bits per heavy atom. The van der Waals surface area contributed by atoms with Gasteiger partial charge in [-0.05, 0) is 0 Å². The molecule has 0 aromatic carbocycles. The molecule has 7 nitrogen and oxygen atoms in total. The number of rotatable bonds is 4. The first-order valence-electron chi connectivity index (χ1n) is 3.97. The van der Waals surface area contributed by atoms with Gasteiger partial charge in [0.1, 0.15) is 6.61 Å². The molecule has 0 aliphatic rings. The second-order valence-electron chi connectivity index (χ2n) is 2.31. The fourth-order valence-electron chi connectivity index (χ4n) is 0.575. The first-order valence-corrected chi connectivity index (χ1v) is 3.97. The number of nitrogens with one attached hydrogen (secondary N) is 2. The van der Waals surface area contributed by atoms with Gasteiger partial charge in [-0.25, -0.2) is 9.59 Å². The lowest BCUT2D eigenvalue weighted by Gasteiger charge is -2.14. The Morgan fingerprint density at radius 1 is 1.29 bits per heavy atom. The van der Waals surface area contributed by atoms with Gasteiger partial charge in [0.05, 0.1) is 6.61 Å². The predicted molar refractivity (Wildman–Crippen MR) is 46.8 cm³/mol. The molecule has 0 aliphatic carbocycles. The molecule has 2 amide bonds. The third-order valence-electron chi connectivity index (χ3n) is 1.29. The van der Waals surface area contributed by atoms with Gasteiger partial charge in [0.25, 0.3) is 0 Å². The molecule has 1 atom stereocenters. The van der Waals surface area contributed by atoms with Gasteiger partial charge in [-0.1, -0.05) is 0 Å². The van der Waals surface area contributed by atoms with E-state index in [0.29, 0.717) is 0 Å². The molecule has 0 aliphatic heterocycles. The summed E-state index contributed by atoms with van der Waals surface area (Å²) in [6.45, 7) is -0.603. The Labute approximate surface area is 81.4 Å². The molecule has 0 unspecified atom stereocenters. The summed E-state index contributed by atoms with van der Waals surface area (Å²) in [5.74, 6) is 0. The highest BCUT2D eigenvalue weighted by atomic mass is 16.6. The first-order chi connectivity index (χ1) is 6.63. The summed E-state index contributed by atoms with van der Waals surface area (Å²) in [5.41, 5.74) is 0. The summed E-state index contributed by atoms with van der Waals surface area (Å²) >= 11 is 0. The van der Waals surface area contributed by atoms with Crippen molar-refractivity contribution in [3.8, 4) is 0 Å². The van der Waals surface area contributed by atoms with Gasteiger partial charge in [0.15, 0.2) is 6.10 Å². The molecular weight excluding hydrogens is 192 g/mol. The van der Waals surface area contributed by atoms with Gasteiger partial charge in [-0.2, -0.15) is 0 Å². The van der Waals surface area contributed by atoms with E-state index in [-0.39, 0.29) is 6.61 Å². The highest BCUT2D eigenvalue weighted by Gasteiger charge is 2.14. The summed E-state index contributed by atoms with van der Waals surface area (Å²) in [7, 11) is 2.78. The number of aliphatic hydroxyl groups excluding tert-OH is 1. The molecule has 0 saturated heterocycles. The van der Waals surface area contributed by atoms with Crippen molar-refractivity contribution in [3.05, 3.63) is 0 Å². The number of hydrogen-bond donors (Lipinski definition) is 3. The van der Waals surface area contributed by atoms with E-state index < -0.39 is 24.9 Å². The molecular formula is C7H14N2O5. The topological polar surface area (TPSA) is 96.9 Å². The van der Waals surface area contributed by atoms with E-state index in [2.05, 4.69) is 20.1 Å². The molecule has 14 heavy (non-hydrogen) atoms. The molecule has 0 fully saturated rings. The monoisotopic (exact) mass is 206 g/mol. The van der Waals surface area contributed by atoms with Gasteiger partial charge >= 0.3 is 12.2 Å². The molecule has 0 saturated carbocycles. The van der Waals surface area contributed by atoms with Crippen LogP contribution in [0.25, 0.3) is 0 Å². The molecule has 0 spiro atoms. The maximum absolute atomic E-state index is 10.7. The van der Waals surface area contributed by atoms with Crippen molar-refractivity contribution < 1.29 is 24.2 Å². The number of ether oxygens (including phenoxy) is 2. The Bertz CT molecular complexity index is 197. The van der Waals surface area contributed by atoms with Crippen molar-refractivity contribution in [2.75, 3.05) is 27.3 Å². The van der Waals surface area contributed by atoms with Crippen molar-refractivity contribution in [2.45, 2.75) is 6.10 Å². The normalized spacial score (nSPS) is 11.4. The fourth-order valence-corrected chi connectivity index (χ4v) is 0.575. The minimum atomic E-state index is -0.854. The van der Waals surface area contributed by atoms with Crippen LogP contribution in [0.4, 0.5) is 9.59 Å². The van der Waals surface area contributed by atoms with Gasteiger partial charge < -0.3 is 25.2 Å². The van der Waals surface area contributed by atoms with Crippen LogP contribution in [0, 0.1) is 0 Å². The third-order valence-corrected chi connectivity index (χ3v) is 1.29. The van der Waals surface area contributed by atoms with Crippen molar-refractivity contribution in [2.24, 2.45) is 0 Å². The molecule has 0 aromatic rings. The van der Waals surface area contributed by atoms with E-state index in [1.807, 2.05) is 0 Å². The van der Waals surface area contributed by atoms with Crippen molar-refractivity contribution in [3.63, 3.8) is 0 Å². The zero-order valence-electron chi connectivity index (χ0n) is 8.07. The number of aliphatic hydroxyl groups is 1. The van der Waals surface area contributed by atoms with Gasteiger partial charge in [0, 0.05) is 14.1 Å². The summed E-state index contributed by atoms with van der Waals surface area (Å²) in [6, 6.07) is 0. The minimum Gasteiger partial charge on any atom is -0.446 e. The SMILES string of the molecule is CNC(=O)OC[C@H](CO)OC(=O)NC. The van der Waals surface area contributed by atoms with Crippen LogP contribution in [0.15, 0.2) is 0 Å². The molecule has 0 heterocycles. The van der Waals surface area contributed by atoms with Gasteiger partial charge in [-0.15, -0.1) is 0 Å². The Morgan fingerprint density at radius 3 is 2.29 bits per heavy atom. The Hall–Kier alpha value is -1.50. The van der Waals surface area contributed by atoms with Crippen LogP contribution in [-0.4, -0.2) is 50.7 Å². The second-order valence-corrected chi connectivity index (χ2v) is 2.31. The number of carbonyl (C=O) groups is 2. The molecule has 82 valence electrons. The van der Waals surface area contributed by atoms with Crippen LogP contribution in [0.3, 0.4) is 0 Å². The Balaban J connectivity index is 3.79. The number of alkyl carbamates (subject to hydrolysis) is 2. The van der Waals surface area contributed by atoms with E-state index in [1.54, 1.807) is 0 Å². The quantitative estimate of drug-likeness (QED) is 0.551. The van der Waals surface area contributed by atoms with E-state index in [9.17, 15) is 9.59 Å². The van der Waals surface area contributed by atoms with E-state index in [0.717, 1.165) is 0 Å². The predicted octanol–water partition coefficient (Wildman–Crippen LogP) is -0.941. The van der Waals surface area contributed by atoms with Crippen molar-refractivity contribution in [1.29, 1.82) is 0 Å². The summed E-state index contributed by atoms with van der Waals surface area (Å²) in [5, 5.41) is 13.2. The lowest BCUT2D eigenvalue weighted by Crippen LogP contribution is -2.33. The number of hydrogen-bond acceptors (Lipinski definition) is 5.